The number of anilines is 1. The number of carbonyl (C=O) groups excluding carboxylic acids is 1. The Balaban J connectivity index is 1.50. The van der Waals surface area contributed by atoms with Crippen molar-refractivity contribution in [3.05, 3.63) is 83.8 Å². The Morgan fingerprint density at radius 1 is 1.03 bits per heavy atom. The maximum absolute atomic E-state index is 13.0. The summed E-state index contributed by atoms with van der Waals surface area (Å²) in [5.41, 5.74) is 1.73. The molecule has 4 aromatic rings. The first-order valence-electron chi connectivity index (χ1n) is 9.65. The van der Waals surface area contributed by atoms with E-state index in [2.05, 4.69) is 17.1 Å². The highest BCUT2D eigenvalue weighted by Crippen LogP contribution is 2.29. The van der Waals surface area contributed by atoms with Gasteiger partial charge < -0.3 is 9.32 Å². The number of rotatable bonds is 6. The zero-order valence-corrected chi connectivity index (χ0v) is 16.9. The summed E-state index contributed by atoms with van der Waals surface area (Å²) < 4.78 is 5.82. The lowest BCUT2D eigenvalue weighted by atomic mass is 10.1. The molecule has 0 saturated heterocycles. The van der Waals surface area contributed by atoms with Crippen molar-refractivity contribution < 1.29 is 9.21 Å². The molecule has 1 amide bonds. The standard InChI is InChI=1S/C24H21ClN2O2/c1-2-27(21-13-7-9-17-8-3-4-10-18(17)21)24(28)15-14-23-26-16-22(29-23)19-11-5-6-12-20(19)25/h3-13,16H,2,14-15H2,1H3. The van der Waals surface area contributed by atoms with E-state index in [4.69, 9.17) is 16.0 Å². The smallest absolute Gasteiger partial charge is 0.227 e. The van der Waals surface area contributed by atoms with Gasteiger partial charge in [0.1, 0.15) is 0 Å². The van der Waals surface area contributed by atoms with Crippen LogP contribution in [0.5, 0.6) is 0 Å². The Kier molecular flexibility index (Phi) is 5.63. The Bertz CT molecular complexity index is 1150. The van der Waals surface area contributed by atoms with Crippen LogP contribution >= 0.6 is 11.6 Å². The Labute approximate surface area is 174 Å². The number of oxazole rings is 1. The highest BCUT2D eigenvalue weighted by Gasteiger charge is 2.17. The number of halogens is 1. The lowest BCUT2D eigenvalue weighted by molar-refractivity contribution is -0.118. The summed E-state index contributed by atoms with van der Waals surface area (Å²) in [5.74, 6) is 1.18. The van der Waals surface area contributed by atoms with Gasteiger partial charge in [0.2, 0.25) is 5.91 Å². The van der Waals surface area contributed by atoms with Gasteiger partial charge in [-0.05, 0) is 30.5 Å². The monoisotopic (exact) mass is 404 g/mol. The van der Waals surface area contributed by atoms with E-state index in [0.29, 0.717) is 36.1 Å². The van der Waals surface area contributed by atoms with Gasteiger partial charge in [-0.15, -0.1) is 0 Å². The number of fused-ring (bicyclic) bond motifs is 1. The molecule has 1 aromatic heterocycles. The molecule has 0 fully saturated rings. The quantitative estimate of drug-likeness (QED) is 0.388. The molecule has 0 aliphatic rings. The van der Waals surface area contributed by atoms with Crippen LogP contribution in [0.4, 0.5) is 5.69 Å². The summed E-state index contributed by atoms with van der Waals surface area (Å²) in [5, 5.41) is 2.80. The summed E-state index contributed by atoms with van der Waals surface area (Å²) in [6.45, 7) is 2.59. The number of hydrogen-bond donors (Lipinski definition) is 0. The van der Waals surface area contributed by atoms with Gasteiger partial charge in [-0.1, -0.05) is 60.1 Å². The molecule has 5 heteroatoms. The molecule has 3 aromatic carbocycles. The molecular weight excluding hydrogens is 384 g/mol. The predicted octanol–water partition coefficient (Wildman–Crippen LogP) is 6.13. The fourth-order valence-corrected chi connectivity index (χ4v) is 3.71. The third kappa shape index (κ3) is 4.03. The minimum absolute atomic E-state index is 0.0429. The fraction of sp³-hybridized carbons (Fsp3) is 0.167. The minimum atomic E-state index is 0.0429. The van der Waals surface area contributed by atoms with E-state index in [9.17, 15) is 4.79 Å². The second kappa shape index (κ2) is 8.50. The van der Waals surface area contributed by atoms with Crippen molar-refractivity contribution in [2.45, 2.75) is 19.8 Å². The number of benzene rings is 3. The molecule has 4 rings (SSSR count). The molecule has 0 atom stereocenters. The SMILES string of the molecule is CCN(C(=O)CCc1ncc(-c2ccccc2Cl)o1)c1cccc2ccccc12. The normalized spacial score (nSPS) is 11.0. The first-order valence-corrected chi connectivity index (χ1v) is 10.0. The van der Waals surface area contributed by atoms with Crippen LogP contribution in [0.15, 0.2) is 77.3 Å². The Morgan fingerprint density at radius 3 is 2.62 bits per heavy atom. The molecular formula is C24H21ClN2O2. The highest BCUT2D eigenvalue weighted by molar-refractivity contribution is 6.33. The molecule has 4 nitrogen and oxygen atoms in total. The van der Waals surface area contributed by atoms with Crippen molar-refractivity contribution >= 4 is 34.0 Å². The fourth-order valence-electron chi connectivity index (χ4n) is 3.48. The minimum Gasteiger partial charge on any atom is -0.441 e. The van der Waals surface area contributed by atoms with Gasteiger partial charge in [0.15, 0.2) is 11.7 Å². The van der Waals surface area contributed by atoms with Gasteiger partial charge in [0.05, 0.1) is 16.9 Å². The van der Waals surface area contributed by atoms with Crippen molar-refractivity contribution in [3.63, 3.8) is 0 Å². The molecule has 0 aliphatic carbocycles. The van der Waals surface area contributed by atoms with E-state index in [0.717, 1.165) is 22.0 Å². The van der Waals surface area contributed by atoms with E-state index in [-0.39, 0.29) is 5.91 Å². The zero-order chi connectivity index (χ0) is 20.2. The summed E-state index contributed by atoms with van der Waals surface area (Å²) in [7, 11) is 0. The summed E-state index contributed by atoms with van der Waals surface area (Å²) in [6.07, 6.45) is 2.41. The highest BCUT2D eigenvalue weighted by atomic mass is 35.5. The maximum atomic E-state index is 13.0. The average molecular weight is 405 g/mol. The van der Waals surface area contributed by atoms with Crippen molar-refractivity contribution in [2.24, 2.45) is 0 Å². The first kappa shape index (κ1) is 19.2. The van der Waals surface area contributed by atoms with Crippen LogP contribution in [0.25, 0.3) is 22.1 Å². The molecule has 0 N–H and O–H groups in total. The summed E-state index contributed by atoms with van der Waals surface area (Å²) in [4.78, 5) is 19.1. The van der Waals surface area contributed by atoms with Crippen LogP contribution in [0, 0.1) is 0 Å². The van der Waals surface area contributed by atoms with E-state index < -0.39 is 0 Å². The summed E-state index contributed by atoms with van der Waals surface area (Å²) >= 11 is 6.22. The van der Waals surface area contributed by atoms with Gasteiger partial charge in [-0.25, -0.2) is 4.98 Å². The lowest BCUT2D eigenvalue weighted by Crippen LogP contribution is -2.31. The molecule has 0 spiro atoms. The second-order valence-electron chi connectivity index (χ2n) is 6.73. The van der Waals surface area contributed by atoms with E-state index in [1.165, 1.54) is 0 Å². The third-order valence-electron chi connectivity index (χ3n) is 4.92. The number of hydrogen-bond acceptors (Lipinski definition) is 3. The van der Waals surface area contributed by atoms with Gasteiger partial charge >= 0.3 is 0 Å². The van der Waals surface area contributed by atoms with Gasteiger partial charge in [0, 0.05) is 30.3 Å². The van der Waals surface area contributed by atoms with Crippen LogP contribution in [0.1, 0.15) is 19.2 Å². The van der Waals surface area contributed by atoms with Gasteiger partial charge in [-0.2, -0.15) is 0 Å². The number of nitrogens with zero attached hydrogens (tertiary/aromatic N) is 2. The van der Waals surface area contributed by atoms with Crippen LogP contribution in [-0.2, 0) is 11.2 Å². The number of carbonyl (C=O) groups is 1. The van der Waals surface area contributed by atoms with E-state index in [1.54, 1.807) is 6.20 Å². The summed E-state index contributed by atoms with van der Waals surface area (Å²) in [6, 6.07) is 21.6. The third-order valence-corrected chi connectivity index (χ3v) is 5.25. The lowest BCUT2D eigenvalue weighted by Gasteiger charge is -2.22. The molecule has 0 radical (unpaired) electrons. The predicted molar refractivity (Wildman–Crippen MR) is 117 cm³/mol. The molecule has 146 valence electrons. The van der Waals surface area contributed by atoms with Crippen molar-refractivity contribution in [1.82, 2.24) is 4.98 Å². The van der Waals surface area contributed by atoms with Crippen molar-refractivity contribution in [2.75, 3.05) is 11.4 Å². The van der Waals surface area contributed by atoms with Crippen molar-refractivity contribution in [1.29, 1.82) is 0 Å². The average Bonchev–Trinajstić information content (AvgIpc) is 3.22. The van der Waals surface area contributed by atoms with E-state index >= 15 is 0 Å². The second-order valence-corrected chi connectivity index (χ2v) is 7.14. The van der Waals surface area contributed by atoms with Crippen molar-refractivity contribution in [3.8, 4) is 11.3 Å². The van der Waals surface area contributed by atoms with E-state index in [1.807, 2.05) is 66.4 Å². The number of amides is 1. The van der Waals surface area contributed by atoms with Crippen LogP contribution < -0.4 is 4.90 Å². The topological polar surface area (TPSA) is 46.3 Å². The largest absolute Gasteiger partial charge is 0.441 e. The van der Waals surface area contributed by atoms with Crippen LogP contribution in [-0.4, -0.2) is 17.4 Å². The van der Waals surface area contributed by atoms with Gasteiger partial charge in [0.25, 0.3) is 0 Å². The molecule has 1 heterocycles. The Hall–Kier alpha value is -3.11. The number of aryl methyl sites for hydroxylation is 1. The van der Waals surface area contributed by atoms with Crippen LogP contribution in [0.2, 0.25) is 5.02 Å². The van der Waals surface area contributed by atoms with Crippen LogP contribution in [0.3, 0.4) is 0 Å². The molecule has 0 unspecified atom stereocenters. The molecule has 0 aliphatic heterocycles. The maximum Gasteiger partial charge on any atom is 0.227 e. The molecule has 0 bridgehead atoms. The molecule has 29 heavy (non-hydrogen) atoms. The number of aromatic nitrogens is 1. The Morgan fingerprint density at radius 2 is 1.79 bits per heavy atom. The zero-order valence-electron chi connectivity index (χ0n) is 16.1. The molecule has 0 saturated carbocycles. The van der Waals surface area contributed by atoms with Gasteiger partial charge in [-0.3, -0.25) is 4.79 Å². The first-order chi connectivity index (χ1) is 14.2.